The van der Waals surface area contributed by atoms with Crippen LogP contribution in [0, 0.1) is 11.6 Å². The normalized spacial score (nSPS) is 12.9. The summed E-state index contributed by atoms with van der Waals surface area (Å²) in [6.07, 6.45) is 0. The number of nitrogens with two attached hydrogens (primary N) is 1. The lowest BCUT2D eigenvalue weighted by Crippen LogP contribution is -2.29. The minimum atomic E-state index is -0.659. The van der Waals surface area contributed by atoms with Crippen molar-refractivity contribution in [1.82, 2.24) is 15.0 Å². The zero-order valence-electron chi connectivity index (χ0n) is 10.5. The second kappa shape index (κ2) is 5.68. The monoisotopic (exact) mass is 284 g/mol. The van der Waals surface area contributed by atoms with Crippen LogP contribution in [-0.2, 0) is 0 Å². The number of nitrogens with zero attached hydrogens (tertiary/aromatic N) is 2. The smallest absolute Gasteiger partial charge is 0.128 e. The molecule has 1 atom stereocenters. The van der Waals surface area contributed by atoms with Crippen molar-refractivity contribution in [3.63, 3.8) is 0 Å². The topological polar surface area (TPSA) is 63.8 Å². The summed E-state index contributed by atoms with van der Waals surface area (Å²) in [6.45, 7) is 3.91. The summed E-state index contributed by atoms with van der Waals surface area (Å²) < 4.78 is 31.0. The van der Waals surface area contributed by atoms with Crippen molar-refractivity contribution < 1.29 is 8.78 Å². The molecular formula is C12H14F2N4S. The molecule has 0 aliphatic rings. The van der Waals surface area contributed by atoms with Crippen molar-refractivity contribution in [3.8, 4) is 0 Å². The first-order valence-electron chi connectivity index (χ1n) is 5.77. The van der Waals surface area contributed by atoms with E-state index in [9.17, 15) is 8.78 Å². The summed E-state index contributed by atoms with van der Waals surface area (Å²) in [5.41, 5.74) is 3.39. The van der Waals surface area contributed by atoms with Gasteiger partial charge in [-0.05, 0) is 35.6 Å². The van der Waals surface area contributed by atoms with Crippen LogP contribution in [0.1, 0.15) is 41.9 Å². The lowest BCUT2D eigenvalue weighted by Gasteiger charge is -2.17. The van der Waals surface area contributed by atoms with Crippen LogP contribution in [-0.4, -0.2) is 9.59 Å². The van der Waals surface area contributed by atoms with Crippen LogP contribution in [0.5, 0.6) is 0 Å². The molecule has 1 aromatic heterocycles. The fourth-order valence-electron chi connectivity index (χ4n) is 1.85. The van der Waals surface area contributed by atoms with E-state index in [2.05, 4.69) is 15.0 Å². The molecule has 1 aromatic carbocycles. The molecule has 2 rings (SSSR count). The molecule has 19 heavy (non-hydrogen) atoms. The van der Waals surface area contributed by atoms with Gasteiger partial charge in [0, 0.05) is 5.56 Å². The van der Waals surface area contributed by atoms with E-state index in [4.69, 9.17) is 5.84 Å². The molecule has 0 radical (unpaired) electrons. The largest absolute Gasteiger partial charge is 0.271 e. The highest BCUT2D eigenvalue weighted by molar-refractivity contribution is 7.05. The van der Waals surface area contributed by atoms with Crippen molar-refractivity contribution in [2.75, 3.05) is 0 Å². The summed E-state index contributed by atoms with van der Waals surface area (Å²) in [5.74, 6) is 4.59. The number of hydrazine groups is 1. The fourth-order valence-corrected chi connectivity index (χ4v) is 2.73. The van der Waals surface area contributed by atoms with E-state index in [-0.39, 0.29) is 11.5 Å². The second-order valence-electron chi connectivity index (χ2n) is 4.44. The van der Waals surface area contributed by atoms with Gasteiger partial charge < -0.3 is 0 Å². The Kier molecular flexibility index (Phi) is 4.18. The first-order valence-corrected chi connectivity index (χ1v) is 6.55. The van der Waals surface area contributed by atoms with Crippen molar-refractivity contribution in [2.45, 2.75) is 25.8 Å². The van der Waals surface area contributed by atoms with Gasteiger partial charge in [0.05, 0.1) is 16.6 Å². The van der Waals surface area contributed by atoms with Gasteiger partial charge in [0.15, 0.2) is 0 Å². The van der Waals surface area contributed by atoms with Crippen LogP contribution in [0.15, 0.2) is 18.2 Å². The molecule has 0 aliphatic heterocycles. The quantitative estimate of drug-likeness (QED) is 0.669. The maximum atomic E-state index is 13.8. The summed E-state index contributed by atoms with van der Waals surface area (Å²) in [4.78, 5) is 0.696. The molecule has 0 saturated carbocycles. The highest BCUT2D eigenvalue weighted by atomic mass is 32.1. The van der Waals surface area contributed by atoms with Gasteiger partial charge >= 0.3 is 0 Å². The fraction of sp³-hybridized carbons (Fsp3) is 0.333. The SMILES string of the molecule is CC(C)c1nnsc1C(NN)c1cc(F)ccc1F. The van der Waals surface area contributed by atoms with Crippen LogP contribution >= 0.6 is 11.5 Å². The van der Waals surface area contributed by atoms with Crippen molar-refractivity contribution in [3.05, 3.63) is 46.0 Å². The number of benzene rings is 1. The van der Waals surface area contributed by atoms with E-state index in [1.54, 1.807) is 0 Å². The number of nitrogens with one attached hydrogen (secondary N) is 1. The van der Waals surface area contributed by atoms with E-state index >= 15 is 0 Å². The lowest BCUT2D eigenvalue weighted by molar-refractivity contribution is 0.545. The van der Waals surface area contributed by atoms with E-state index in [0.717, 1.165) is 35.4 Å². The van der Waals surface area contributed by atoms with E-state index in [1.807, 2.05) is 13.8 Å². The predicted octanol–water partition coefficient (Wildman–Crippen LogP) is 2.49. The lowest BCUT2D eigenvalue weighted by atomic mass is 10.00. The van der Waals surface area contributed by atoms with Gasteiger partial charge in [-0.15, -0.1) is 5.10 Å². The Morgan fingerprint density at radius 3 is 2.68 bits per heavy atom. The molecule has 2 aromatic rings. The molecule has 102 valence electrons. The molecule has 7 heteroatoms. The zero-order valence-corrected chi connectivity index (χ0v) is 11.3. The highest BCUT2D eigenvalue weighted by Crippen LogP contribution is 2.31. The van der Waals surface area contributed by atoms with Crippen LogP contribution in [0.2, 0.25) is 0 Å². The molecular weight excluding hydrogens is 270 g/mol. The average Bonchev–Trinajstić information content (AvgIpc) is 2.84. The summed E-state index contributed by atoms with van der Waals surface area (Å²) in [5, 5.41) is 4.02. The molecule has 0 amide bonds. The van der Waals surface area contributed by atoms with Gasteiger partial charge in [0.2, 0.25) is 0 Å². The van der Waals surface area contributed by atoms with Crippen molar-refractivity contribution in [1.29, 1.82) is 0 Å². The predicted molar refractivity (Wildman–Crippen MR) is 69.5 cm³/mol. The van der Waals surface area contributed by atoms with Gasteiger partial charge in [-0.2, -0.15) is 0 Å². The Morgan fingerprint density at radius 2 is 2.05 bits per heavy atom. The first kappa shape index (κ1) is 14.0. The van der Waals surface area contributed by atoms with Gasteiger partial charge in [0.25, 0.3) is 0 Å². The van der Waals surface area contributed by atoms with Crippen molar-refractivity contribution in [2.24, 2.45) is 5.84 Å². The number of aromatic nitrogens is 2. The molecule has 0 bridgehead atoms. The number of hydrogen-bond donors (Lipinski definition) is 2. The molecule has 0 saturated heterocycles. The maximum Gasteiger partial charge on any atom is 0.128 e. The van der Waals surface area contributed by atoms with Gasteiger partial charge in [-0.3, -0.25) is 5.84 Å². The third kappa shape index (κ3) is 2.78. The molecule has 1 heterocycles. The van der Waals surface area contributed by atoms with E-state index in [1.165, 1.54) is 0 Å². The van der Waals surface area contributed by atoms with Gasteiger partial charge in [0.1, 0.15) is 11.6 Å². The molecule has 1 unspecified atom stereocenters. The molecule has 0 fully saturated rings. The zero-order chi connectivity index (χ0) is 14.0. The Hall–Kier alpha value is -1.44. The van der Waals surface area contributed by atoms with Crippen LogP contribution in [0.25, 0.3) is 0 Å². The van der Waals surface area contributed by atoms with Gasteiger partial charge in [-0.1, -0.05) is 18.3 Å². The summed E-state index contributed by atoms with van der Waals surface area (Å²) in [7, 11) is 0. The van der Waals surface area contributed by atoms with Crippen LogP contribution < -0.4 is 11.3 Å². The minimum absolute atomic E-state index is 0.126. The van der Waals surface area contributed by atoms with Crippen LogP contribution in [0.3, 0.4) is 0 Å². The molecule has 3 N–H and O–H groups in total. The number of hydrogen-bond acceptors (Lipinski definition) is 5. The number of halogens is 2. The van der Waals surface area contributed by atoms with Crippen LogP contribution in [0.4, 0.5) is 8.78 Å². The van der Waals surface area contributed by atoms with E-state index in [0.29, 0.717) is 4.88 Å². The van der Waals surface area contributed by atoms with Crippen molar-refractivity contribution >= 4 is 11.5 Å². The summed E-state index contributed by atoms with van der Waals surface area (Å²) >= 11 is 1.13. The highest BCUT2D eigenvalue weighted by Gasteiger charge is 2.24. The third-order valence-corrected chi connectivity index (χ3v) is 3.59. The molecule has 0 spiro atoms. The standard InChI is InChI=1S/C12H14F2N4S/c1-6(2)10-12(19-18-17-10)11(16-15)8-5-7(13)3-4-9(8)14/h3-6,11,16H,15H2,1-2H3. The molecule has 0 aliphatic carbocycles. The Bertz CT molecular complexity index is 571. The number of rotatable bonds is 4. The summed E-state index contributed by atoms with van der Waals surface area (Å²) in [6, 6.07) is 2.62. The Labute approximate surface area is 113 Å². The Morgan fingerprint density at radius 1 is 1.32 bits per heavy atom. The average molecular weight is 284 g/mol. The second-order valence-corrected chi connectivity index (χ2v) is 5.23. The minimum Gasteiger partial charge on any atom is -0.271 e. The first-order chi connectivity index (χ1) is 9.04. The Balaban J connectivity index is 2.50. The van der Waals surface area contributed by atoms with E-state index < -0.39 is 17.7 Å². The molecule has 4 nitrogen and oxygen atoms in total. The maximum absolute atomic E-state index is 13.8. The third-order valence-electron chi connectivity index (χ3n) is 2.78. The van der Waals surface area contributed by atoms with Gasteiger partial charge in [-0.25, -0.2) is 14.2 Å².